The molecule has 5 rings (SSSR count). The number of nitrogens with one attached hydrogen (secondary N) is 3. The number of fused-ring (bicyclic) bond motifs is 2. The molecule has 0 aromatic heterocycles. The summed E-state index contributed by atoms with van der Waals surface area (Å²) in [6.45, 7) is 1.67. The second-order valence-corrected chi connectivity index (χ2v) is 8.38. The van der Waals surface area contributed by atoms with Crippen molar-refractivity contribution >= 4 is 11.6 Å². The number of methoxy groups -OCH3 is 1. The number of amides is 1. The summed E-state index contributed by atoms with van der Waals surface area (Å²) in [5.74, 6) is -0.904. The molecule has 3 unspecified atom stereocenters. The van der Waals surface area contributed by atoms with Crippen molar-refractivity contribution in [2.24, 2.45) is 0 Å². The molecule has 3 atom stereocenters. The van der Waals surface area contributed by atoms with Crippen molar-refractivity contribution in [1.82, 2.24) is 21.2 Å². The van der Waals surface area contributed by atoms with Gasteiger partial charge in [0.2, 0.25) is 5.91 Å². The third-order valence-electron chi connectivity index (χ3n) is 6.39. The zero-order valence-electron chi connectivity index (χ0n) is 17.4. The monoisotopic (exact) mass is 429 g/mol. The lowest BCUT2D eigenvalue weighted by molar-refractivity contribution is -0.121. The molecule has 7 nitrogen and oxygen atoms in total. The molecule has 31 heavy (non-hydrogen) atoms. The normalized spacial score (nSPS) is 26.0. The number of ether oxygens (including phenoxy) is 1. The number of rotatable bonds is 3. The van der Waals surface area contributed by atoms with Crippen molar-refractivity contribution in [2.75, 3.05) is 25.7 Å². The van der Waals surface area contributed by atoms with Gasteiger partial charge in [-0.3, -0.25) is 10.2 Å². The number of hydrazine groups is 2. The van der Waals surface area contributed by atoms with Crippen LogP contribution in [0.2, 0.25) is 0 Å². The van der Waals surface area contributed by atoms with Crippen LogP contribution in [0.15, 0.2) is 30.3 Å². The van der Waals surface area contributed by atoms with Gasteiger partial charge in [0.15, 0.2) is 5.82 Å². The van der Waals surface area contributed by atoms with Crippen molar-refractivity contribution in [2.45, 2.75) is 37.5 Å². The number of anilines is 1. The molecular weight excluding hydrogens is 404 g/mol. The van der Waals surface area contributed by atoms with Crippen LogP contribution in [-0.2, 0) is 17.8 Å². The Kier molecular flexibility index (Phi) is 5.13. The van der Waals surface area contributed by atoms with E-state index in [1.165, 1.54) is 24.3 Å². The molecule has 1 amide bonds. The smallest absolute Gasteiger partial charge is 0.243 e. The average molecular weight is 429 g/mol. The highest BCUT2D eigenvalue weighted by atomic mass is 19.1. The minimum absolute atomic E-state index is 0.0339. The first kappa shape index (κ1) is 20.3. The summed E-state index contributed by atoms with van der Waals surface area (Å²) >= 11 is 0. The molecule has 9 heteroatoms. The molecular formula is C22H25F2N5O2. The fourth-order valence-corrected chi connectivity index (χ4v) is 4.77. The maximum absolute atomic E-state index is 15.1. The van der Waals surface area contributed by atoms with Gasteiger partial charge in [0.05, 0.1) is 19.2 Å². The summed E-state index contributed by atoms with van der Waals surface area (Å²) in [5, 5.41) is 1.20. The van der Waals surface area contributed by atoms with E-state index < -0.39 is 11.9 Å². The highest BCUT2D eigenvalue weighted by molar-refractivity contribution is 5.95. The second-order valence-electron chi connectivity index (χ2n) is 8.38. The molecule has 2 aromatic carbocycles. The zero-order valence-corrected chi connectivity index (χ0v) is 17.4. The van der Waals surface area contributed by atoms with E-state index in [0.29, 0.717) is 5.56 Å². The number of nitrogens with zero attached hydrogens (tertiary/aromatic N) is 2. The van der Waals surface area contributed by atoms with Crippen LogP contribution in [0.5, 0.6) is 5.75 Å². The van der Waals surface area contributed by atoms with Gasteiger partial charge >= 0.3 is 0 Å². The van der Waals surface area contributed by atoms with Crippen LogP contribution in [0.1, 0.15) is 29.2 Å². The summed E-state index contributed by atoms with van der Waals surface area (Å²) in [6, 6.07) is 6.88. The maximum Gasteiger partial charge on any atom is 0.243 e. The molecule has 164 valence electrons. The van der Waals surface area contributed by atoms with E-state index in [1.54, 1.807) is 12.1 Å². The number of halogens is 2. The molecule has 3 heterocycles. The van der Waals surface area contributed by atoms with E-state index in [0.717, 1.165) is 30.6 Å². The van der Waals surface area contributed by atoms with Crippen molar-refractivity contribution < 1.29 is 18.3 Å². The molecule has 0 saturated carbocycles. The Bertz CT molecular complexity index is 1030. The fourth-order valence-electron chi connectivity index (χ4n) is 4.77. The van der Waals surface area contributed by atoms with Crippen molar-refractivity contribution in [3.8, 4) is 5.75 Å². The van der Waals surface area contributed by atoms with Crippen LogP contribution < -0.4 is 26.0 Å². The summed E-state index contributed by atoms with van der Waals surface area (Å²) < 4.78 is 35.0. The third-order valence-corrected chi connectivity index (χ3v) is 6.39. The summed E-state index contributed by atoms with van der Waals surface area (Å²) in [5.41, 5.74) is 12.1. The molecule has 2 saturated heterocycles. The molecule has 2 fully saturated rings. The van der Waals surface area contributed by atoms with Crippen LogP contribution in [0.25, 0.3) is 0 Å². The lowest BCUT2D eigenvalue weighted by atomic mass is 9.89. The number of para-hydroxylation sites is 1. The molecule has 0 aliphatic carbocycles. The first-order valence-electron chi connectivity index (χ1n) is 10.4. The number of benzene rings is 2. The van der Waals surface area contributed by atoms with Crippen molar-refractivity contribution in [3.63, 3.8) is 0 Å². The van der Waals surface area contributed by atoms with Gasteiger partial charge in [-0.05, 0) is 48.9 Å². The average Bonchev–Trinajstić information content (AvgIpc) is 3.15. The second kappa shape index (κ2) is 7.83. The van der Waals surface area contributed by atoms with Crippen molar-refractivity contribution in [3.05, 3.63) is 58.7 Å². The van der Waals surface area contributed by atoms with Gasteiger partial charge in [-0.25, -0.2) is 24.6 Å². The number of hydrogen-bond donors (Lipinski definition) is 3. The van der Waals surface area contributed by atoms with Gasteiger partial charge < -0.3 is 9.64 Å². The third kappa shape index (κ3) is 3.47. The quantitative estimate of drug-likeness (QED) is 0.691. The Morgan fingerprint density at radius 2 is 1.97 bits per heavy atom. The topological polar surface area (TPSA) is 68.9 Å². The van der Waals surface area contributed by atoms with E-state index >= 15 is 4.39 Å². The molecule has 0 bridgehead atoms. The van der Waals surface area contributed by atoms with E-state index in [2.05, 4.69) is 21.2 Å². The zero-order chi connectivity index (χ0) is 21.7. The van der Waals surface area contributed by atoms with Gasteiger partial charge in [-0.2, -0.15) is 0 Å². The van der Waals surface area contributed by atoms with Gasteiger partial charge in [0.25, 0.3) is 0 Å². The molecule has 3 N–H and O–H groups in total. The number of carbonyl (C=O) groups is 1. The van der Waals surface area contributed by atoms with Crippen LogP contribution in [-0.4, -0.2) is 43.6 Å². The minimum Gasteiger partial charge on any atom is -0.494 e. The molecule has 3 aliphatic rings. The summed E-state index contributed by atoms with van der Waals surface area (Å²) in [6.07, 6.45) is 0.951. The van der Waals surface area contributed by atoms with Gasteiger partial charge in [-0.1, -0.05) is 6.07 Å². The maximum atomic E-state index is 15.1. The lowest BCUT2D eigenvalue weighted by Gasteiger charge is -2.37. The first-order valence-corrected chi connectivity index (χ1v) is 10.4. The Hall–Kier alpha value is -2.59. The Morgan fingerprint density at radius 3 is 2.77 bits per heavy atom. The van der Waals surface area contributed by atoms with Crippen molar-refractivity contribution in [1.29, 1.82) is 0 Å². The Morgan fingerprint density at radius 1 is 1.13 bits per heavy atom. The molecule has 2 aromatic rings. The van der Waals surface area contributed by atoms with E-state index in [9.17, 15) is 9.18 Å². The Balaban J connectivity index is 1.48. The highest BCUT2D eigenvalue weighted by Crippen LogP contribution is 2.36. The number of hydrogen-bond acceptors (Lipinski definition) is 6. The predicted octanol–water partition coefficient (Wildman–Crippen LogP) is 1.79. The van der Waals surface area contributed by atoms with E-state index in [-0.39, 0.29) is 41.7 Å². The molecule has 0 spiro atoms. The number of likely N-dealkylation sites (N-methyl/N-ethyl adjacent to an activating group) is 1. The van der Waals surface area contributed by atoms with Crippen LogP contribution >= 0.6 is 0 Å². The van der Waals surface area contributed by atoms with Crippen LogP contribution in [0, 0.1) is 11.6 Å². The molecule has 3 aliphatic heterocycles. The minimum atomic E-state index is -0.572. The lowest BCUT2D eigenvalue weighted by Crippen LogP contribution is -2.60. The van der Waals surface area contributed by atoms with Crippen LogP contribution in [0.3, 0.4) is 0 Å². The SMILES string of the molecule is COc1cccc(F)c1N1NC2C(CC1=O)NNC2c1cc2c(cc1F)CCN(C)C2. The summed E-state index contributed by atoms with van der Waals surface area (Å²) in [7, 11) is 3.47. The Labute approximate surface area is 179 Å². The standard InChI is InChI=1S/C22H25F2N5O2/c1-28-7-6-12-9-16(24)14(8-13(12)11-28)20-21-17(25-26-20)10-19(30)29(27-21)22-15(23)4-3-5-18(22)31-2/h3-5,8-9,17,20-21,25-27H,6-7,10-11H2,1-2H3. The fraction of sp³-hybridized carbons (Fsp3) is 0.409. The predicted molar refractivity (Wildman–Crippen MR) is 111 cm³/mol. The van der Waals surface area contributed by atoms with E-state index in [1.807, 2.05) is 13.1 Å². The largest absolute Gasteiger partial charge is 0.494 e. The van der Waals surface area contributed by atoms with E-state index in [4.69, 9.17) is 4.74 Å². The highest BCUT2D eigenvalue weighted by Gasteiger charge is 2.45. The van der Waals surface area contributed by atoms with Gasteiger partial charge in [0, 0.05) is 31.1 Å². The number of carbonyl (C=O) groups excluding carboxylic acids is 1. The van der Waals surface area contributed by atoms with Crippen LogP contribution in [0.4, 0.5) is 14.5 Å². The molecule has 0 radical (unpaired) electrons. The summed E-state index contributed by atoms with van der Waals surface area (Å²) in [4.78, 5) is 15.0. The first-order chi connectivity index (χ1) is 15.0. The van der Waals surface area contributed by atoms with Gasteiger partial charge in [-0.15, -0.1) is 0 Å². The van der Waals surface area contributed by atoms with Gasteiger partial charge in [0.1, 0.15) is 17.3 Å².